The summed E-state index contributed by atoms with van der Waals surface area (Å²) in [7, 11) is 1.49. The average Bonchev–Trinajstić information content (AvgIpc) is 2.93. The van der Waals surface area contributed by atoms with Crippen LogP contribution in [0.2, 0.25) is 0 Å². The van der Waals surface area contributed by atoms with Gasteiger partial charge in [-0.2, -0.15) is 4.73 Å². The van der Waals surface area contributed by atoms with Crippen LogP contribution >= 0.6 is 0 Å². The van der Waals surface area contributed by atoms with E-state index in [-0.39, 0.29) is 11.8 Å². The molecule has 0 saturated heterocycles. The molecule has 0 aliphatic carbocycles. The lowest BCUT2D eigenvalue weighted by molar-refractivity contribution is -0.140. The number of aryl methyl sites for hydroxylation is 1. The first kappa shape index (κ1) is 16.6. The first-order valence-corrected chi connectivity index (χ1v) is 7.49. The maximum atomic E-state index is 12.0. The molecule has 3 rings (SSSR count). The van der Waals surface area contributed by atoms with Crippen LogP contribution in [0, 0.1) is 6.92 Å². The van der Waals surface area contributed by atoms with Crippen LogP contribution in [0.3, 0.4) is 0 Å². The van der Waals surface area contributed by atoms with Gasteiger partial charge >= 0.3 is 12.0 Å². The second-order valence-corrected chi connectivity index (χ2v) is 5.46. The number of pyridine rings is 1. The largest absolute Gasteiger partial charge is 0.467 e. The SMILES string of the molecule is COc1ncc(-c2cc3c(C(C)=O)cn(OC(C)=O)c3c(C)n2)cn1. The zero-order valence-corrected chi connectivity index (χ0v) is 14.2. The normalized spacial score (nSPS) is 10.7. The molecular formula is C17H16N4O4. The number of carbonyl (C=O) groups is 2. The molecule has 3 aromatic heterocycles. The highest BCUT2D eigenvalue weighted by Crippen LogP contribution is 2.28. The Balaban J connectivity index is 2.21. The number of carbonyl (C=O) groups excluding carboxylic acids is 2. The van der Waals surface area contributed by atoms with Crippen LogP contribution in [0.15, 0.2) is 24.7 Å². The van der Waals surface area contributed by atoms with E-state index < -0.39 is 5.97 Å². The molecule has 0 atom stereocenters. The van der Waals surface area contributed by atoms with E-state index in [1.54, 1.807) is 25.4 Å². The second kappa shape index (κ2) is 6.31. The summed E-state index contributed by atoms with van der Waals surface area (Å²) in [6, 6.07) is 2.01. The van der Waals surface area contributed by atoms with Gasteiger partial charge in [-0.25, -0.2) is 14.8 Å². The molecule has 0 fully saturated rings. The van der Waals surface area contributed by atoms with Gasteiger partial charge in [-0.3, -0.25) is 9.78 Å². The summed E-state index contributed by atoms with van der Waals surface area (Å²) in [5, 5.41) is 0.645. The Morgan fingerprint density at radius 1 is 1.16 bits per heavy atom. The lowest BCUT2D eigenvalue weighted by atomic mass is 10.1. The van der Waals surface area contributed by atoms with Gasteiger partial charge in [0, 0.05) is 35.8 Å². The molecule has 0 unspecified atom stereocenters. The molecule has 0 saturated carbocycles. The number of aromatic nitrogens is 4. The molecule has 0 aliphatic heterocycles. The molecule has 128 valence electrons. The summed E-state index contributed by atoms with van der Waals surface area (Å²) >= 11 is 0. The first-order valence-electron chi connectivity index (χ1n) is 7.49. The lowest BCUT2D eigenvalue weighted by Crippen LogP contribution is -2.16. The van der Waals surface area contributed by atoms with Crippen molar-refractivity contribution in [1.29, 1.82) is 0 Å². The highest BCUT2D eigenvalue weighted by atomic mass is 16.7. The van der Waals surface area contributed by atoms with Gasteiger partial charge in [0.15, 0.2) is 5.78 Å². The van der Waals surface area contributed by atoms with Crippen molar-refractivity contribution < 1.29 is 19.2 Å². The highest BCUT2D eigenvalue weighted by molar-refractivity contribution is 6.08. The second-order valence-electron chi connectivity index (χ2n) is 5.46. The Hall–Kier alpha value is -3.29. The Bertz CT molecular complexity index is 976. The van der Waals surface area contributed by atoms with Crippen molar-refractivity contribution in [3.8, 4) is 17.3 Å². The van der Waals surface area contributed by atoms with Crippen molar-refractivity contribution in [3.05, 3.63) is 35.9 Å². The van der Waals surface area contributed by atoms with E-state index in [4.69, 9.17) is 9.57 Å². The average molecular weight is 340 g/mol. The standard InChI is InChI=1S/C17H16N4O4/c1-9-16-13(14(10(2)22)8-21(16)25-11(3)23)5-15(20-9)12-6-18-17(24-4)19-7-12/h5-8H,1-4H3. The van der Waals surface area contributed by atoms with Gasteiger partial charge in [0.2, 0.25) is 0 Å². The van der Waals surface area contributed by atoms with E-state index in [1.807, 2.05) is 0 Å². The molecule has 8 heteroatoms. The summed E-state index contributed by atoms with van der Waals surface area (Å²) in [6.07, 6.45) is 4.68. The molecule has 3 heterocycles. The van der Waals surface area contributed by atoms with Crippen LogP contribution < -0.4 is 9.57 Å². The maximum Gasteiger partial charge on any atom is 0.329 e. The van der Waals surface area contributed by atoms with E-state index in [0.29, 0.717) is 33.4 Å². The van der Waals surface area contributed by atoms with Crippen LogP contribution in [-0.4, -0.2) is 38.5 Å². The Labute approximate surface area is 143 Å². The van der Waals surface area contributed by atoms with E-state index in [9.17, 15) is 9.59 Å². The Kier molecular flexibility index (Phi) is 4.18. The molecule has 0 aliphatic rings. The predicted molar refractivity (Wildman–Crippen MR) is 89.3 cm³/mol. The number of ether oxygens (including phenoxy) is 1. The molecule has 0 spiro atoms. The van der Waals surface area contributed by atoms with Gasteiger partial charge in [0.25, 0.3) is 0 Å². The van der Waals surface area contributed by atoms with Gasteiger partial charge in [0.1, 0.15) is 5.52 Å². The van der Waals surface area contributed by atoms with Crippen molar-refractivity contribution >= 4 is 22.7 Å². The number of ketones is 1. The van der Waals surface area contributed by atoms with E-state index in [1.165, 1.54) is 31.9 Å². The van der Waals surface area contributed by atoms with E-state index in [2.05, 4.69) is 15.0 Å². The number of hydrogen-bond acceptors (Lipinski definition) is 7. The number of hydrogen-bond donors (Lipinski definition) is 0. The molecule has 0 N–H and O–H groups in total. The molecule has 0 aromatic carbocycles. The van der Waals surface area contributed by atoms with E-state index in [0.717, 1.165) is 0 Å². The predicted octanol–water partition coefficient (Wildman–Crippen LogP) is 1.99. The van der Waals surface area contributed by atoms with Crippen molar-refractivity contribution in [3.63, 3.8) is 0 Å². The van der Waals surface area contributed by atoms with Gasteiger partial charge in [-0.1, -0.05) is 0 Å². The van der Waals surface area contributed by atoms with Crippen molar-refractivity contribution in [2.75, 3.05) is 7.11 Å². The molecule has 8 nitrogen and oxygen atoms in total. The van der Waals surface area contributed by atoms with Gasteiger partial charge in [-0.05, 0) is 19.9 Å². The minimum Gasteiger partial charge on any atom is -0.467 e. The Morgan fingerprint density at radius 2 is 1.84 bits per heavy atom. The summed E-state index contributed by atoms with van der Waals surface area (Å²) in [4.78, 5) is 41.1. The summed E-state index contributed by atoms with van der Waals surface area (Å²) in [6.45, 7) is 4.53. The van der Waals surface area contributed by atoms with Gasteiger partial charge < -0.3 is 9.57 Å². The van der Waals surface area contributed by atoms with Crippen LogP contribution in [0.1, 0.15) is 29.9 Å². The summed E-state index contributed by atoms with van der Waals surface area (Å²) in [5.74, 6) is -0.627. The monoisotopic (exact) mass is 340 g/mol. The number of rotatable bonds is 4. The molecule has 0 amide bonds. The first-order chi connectivity index (χ1) is 11.9. The zero-order valence-electron chi connectivity index (χ0n) is 14.2. The van der Waals surface area contributed by atoms with Gasteiger partial charge in [0.05, 0.1) is 24.7 Å². The highest BCUT2D eigenvalue weighted by Gasteiger charge is 2.18. The summed E-state index contributed by atoms with van der Waals surface area (Å²) < 4.78 is 6.23. The number of fused-ring (bicyclic) bond motifs is 1. The van der Waals surface area contributed by atoms with Gasteiger partial charge in [-0.15, -0.1) is 0 Å². The minimum atomic E-state index is -0.487. The van der Waals surface area contributed by atoms with Crippen LogP contribution in [-0.2, 0) is 4.79 Å². The quantitative estimate of drug-likeness (QED) is 0.670. The third-order valence-electron chi connectivity index (χ3n) is 3.64. The number of nitrogens with zero attached hydrogens (tertiary/aromatic N) is 4. The molecule has 3 aromatic rings. The summed E-state index contributed by atoms with van der Waals surface area (Å²) in [5.41, 5.74) is 2.91. The fraction of sp³-hybridized carbons (Fsp3) is 0.235. The number of Topliss-reactive ketones (excluding diaryl/α,β-unsaturated/α-hetero) is 1. The zero-order chi connectivity index (χ0) is 18.1. The third-order valence-corrected chi connectivity index (χ3v) is 3.64. The third kappa shape index (κ3) is 3.06. The van der Waals surface area contributed by atoms with Crippen LogP contribution in [0.25, 0.3) is 22.2 Å². The van der Waals surface area contributed by atoms with Crippen molar-refractivity contribution in [1.82, 2.24) is 19.7 Å². The Morgan fingerprint density at radius 3 is 2.40 bits per heavy atom. The fourth-order valence-electron chi connectivity index (χ4n) is 2.59. The molecule has 0 radical (unpaired) electrons. The fourth-order valence-corrected chi connectivity index (χ4v) is 2.59. The topological polar surface area (TPSA) is 96.2 Å². The maximum absolute atomic E-state index is 12.0. The molecule has 25 heavy (non-hydrogen) atoms. The van der Waals surface area contributed by atoms with Crippen LogP contribution in [0.5, 0.6) is 6.01 Å². The van der Waals surface area contributed by atoms with Crippen LogP contribution in [0.4, 0.5) is 0 Å². The molecular weight excluding hydrogens is 324 g/mol. The smallest absolute Gasteiger partial charge is 0.329 e. The van der Waals surface area contributed by atoms with E-state index >= 15 is 0 Å². The minimum absolute atomic E-state index is 0.140. The lowest BCUT2D eigenvalue weighted by Gasteiger charge is -2.08. The number of methoxy groups -OCH3 is 1. The molecule has 0 bridgehead atoms. The van der Waals surface area contributed by atoms with Crippen molar-refractivity contribution in [2.24, 2.45) is 0 Å². The van der Waals surface area contributed by atoms with Crippen molar-refractivity contribution in [2.45, 2.75) is 20.8 Å².